The average Bonchev–Trinajstić information content (AvgIpc) is 2.18. The Balaban J connectivity index is 2.85. The van der Waals surface area contributed by atoms with E-state index in [2.05, 4.69) is 5.18 Å². The van der Waals surface area contributed by atoms with E-state index in [-0.39, 0.29) is 12.1 Å². The van der Waals surface area contributed by atoms with Crippen LogP contribution in [0.5, 0.6) is 0 Å². The topological polar surface area (TPSA) is 92.8 Å². The number of hydrogen-bond donors (Lipinski definition) is 2. The third-order valence-corrected chi connectivity index (χ3v) is 1.85. The lowest BCUT2D eigenvalue weighted by atomic mass is 10.1. The molecular formula is C9H10N2O3. The van der Waals surface area contributed by atoms with Crippen molar-refractivity contribution in [1.29, 1.82) is 0 Å². The normalized spacial score (nSPS) is 12.1. The molecule has 3 N–H and O–H groups in total. The highest BCUT2D eigenvalue weighted by Gasteiger charge is 2.14. The molecule has 14 heavy (non-hydrogen) atoms. The molecule has 0 fully saturated rings. The molecule has 0 saturated heterocycles. The van der Waals surface area contributed by atoms with E-state index in [9.17, 15) is 9.70 Å². The Morgan fingerprint density at radius 2 is 2.14 bits per heavy atom. The first-order valence-corrected chi connectivity index (χ1v) is 4.05. The van der Waals surface area contributed by atoms with E-state index in [1.165, 1.54) is 6.07 Å². The molecule has 0 amide bonds. The van der Waals surface area contributed by atoms with Crippen LogP contribution in [0.2, 0.25) is 0 Å². The van der Waals surface area contributed by atoms with Crippen molar-refractivity contribution in [3.63, 3.8) is 0 Å². The zero-order chi connectivity index (χ0) is 10.6. The highest BCUT2D eigenvalue weighted by Crippen LogP contribution is 2.19. The van der Waals surface area contributed by atoms with Gasteiger partial charge in [-0.15, -0.1) is 4.91 Å². The van der Waals surface area contributed by atoms with Gasteiger partial charge in [0.05, 0.1) is 0 Å². The van der Waals surface area contributed by atoms with Gasteiger partial charge < -0.3 is 10.8 Å². The Kier molecular flexibility index (Phi) is 3.30. The van der Waals surface area contributed by atoms with Crippen LogP contribution in [0.3, 0.4) is 0 Å². The molecule has 0 saturated carbocycles. The van der Waals surface area contributed by atoms with Crippen molar-refractivity contribution in [2.24, 2.45) is 10.9 Å². The average molecular weight is 194 g/mol. The number of nitrogens with zero attached hydrogens (tertiary/aromatic N) is 1. The fraction of sp³-hybridized carbons (Fsp3) is 0.222. The molecule has 0 aromatic heterocycles. The summed E-state index contributed by atoms with van der Waals surface area (Å²) in [6, 6.07) is 5.53. The van der Waals surface area contributed by atoms with Crippen molar-refractivity contribution in [3.8, 4) is 0 Å². The molecule has 5 nitrogen and oxygen atoms in total. The lowest BCUT2D eigenvalue weighted by molar-refractivity contribution is -0.138. The van der Waals surface area contributed by atoms with Gasteiger partial charge in [0, 0.05) is 6.42 Å². The molecule has 1 rings (SSSR count). The second kappa shape index (κ2) is 4.48. The molecular weight excluding hydrogens is 184 g/mol. The Hall–Kier alpha value is -1.75. The lowest BCUT2D eigenvalue weighted by Crippen LogP contribution is -2.32. The monoisotopic (exact) mass is 194 g/mol. The van der Waals surface area contributed by atoms with Crippen molar-refractivity contribution in [2.45, 2.75) is 12.5 Å². The molecule has 0 aliphatic heterocycles. The van der Waals surface area contributed by atoms with Crippen molar-refractivity contribution < 1.29 is 9.90 Å². The summed E-state index contributed by atoms with van der Waals surface area (Å²) in [5.74, 6) is -1.09. The summed E-state index contributed by atoms with van der Waals surface area (Å²) in [5, 5.41) is 11.4. The van der Waals surface area contributed by atoms with Crippen LogP contribution in [0.4, 0.5) is 5.69 Å². The van der Waals surface area contributed by atoms with Crippen molar-refractivity contribution in [1.82, 2.24) is 0 Å². The second-order valence-corrected chi connectivity index (χ2v) is 2.87. The van der Waals surface area contributed by atoms with Crippen LogP contribution >= 0.6 is 0 Å². The number of hydrogen-bond acceptors (Lipinski definition) is 4. The molecule has 0 bridgehead atoms. The molecule has 0 radical (unpaired) electrons. The summed E-state index contributed by atoms with van der Waals surface area (Å²) in [7, 11) is 0. The van der Waals surface area contributed by atoms with Crippen LogP contribution in [0, 0.1) is 4.91 Å². The van der Waals surface area contributed by atoms with Crippen LogP contribution in [0.25, 0.3) is 0 Å². The van der Waals surface area contributed by atoms with Gasteiger partial charge in [-0.05, 0) is 16.8 Å². The first-order valence-electron chi connectivity index (χ1n) is 4.05. The third kappa shape index (κ3) is 2.37. The SMILES string of the molecule is NC(Cc1ccccc1N=O)C(=O)O. The van der Waals surface area contributed by atoms with Gasteiger partial charge in [-0.2, -0.15) is 0 Å². The first kappa shape index (κ1) is 10.3. The molecule has 0 heterocycles. The van der Waals surface area contributed by atoms with Gasteiger partial charge in [0.15, 0.2) is 0 Å². The molecule has 0 spiro atoms. The molecule has 1 unspecified atom stereocenters. The smallest absolute Gasteiger partial charge is 0.320 e. The van der Waals surface area contributed by atoms with Crippen LogP contribution in [-0.4, -0.2) is 17.1 Å². The maximum Gasteiger partial charge on any atom is 0.320 e. The summed E-state index contributed by atoms with van der Waals surface area (Å²) < 4.78 is 0. The minimum atomic E-state index is -1.09. The predicted octanol–water partition coefficient (Wildman–Crippen LogP) is 1.04. The van der Waals surface area contributed by atoms with Gasteiger partial charge in [0.2, 0.25) is 0 Å². The Morgan fingerprint density at radius 1 is 1.50 bits per heavy atom. The molecule has 74 valence electrons. The quantitative estimate of drug-likeness (QED) is 0.700. The number of nitrogens with two attached hydrogens (primary N) is 1. The van der Waals surface area contributed by atoms with Crippen LogP contribution in [0.1, 0.15) is 5.56 Å². The van der Waals surface area contributed by atoms with Crippen LogP contribution in [-0.2, 0) is 11.2 Å². The van der Waals surface area contributed by atoms with Crippen molar-refractivity contribution in [2.75, 3.05) is 0 Å². The fourth-order valence-corrected chi connectivity index (χ4v) is 1.10. The van der Waals surface area contributed by atoms with E-state index in [4.69, 9.17) is 10.8 Å². The fourth-order valence-electron chi connectivity index (χ4n) is 1.10. The predicted molar refractivity (Wildman–Crippen MR) is 51.2 cm³/mol. The van der Waals surface area contributed by atoms with E-state index in [1.807, 2.05) is 0 Å². The Labute approximate surface area is 80.5 Å². The third-order valence-electron chi connectivity index (χ3n) is 1.85. The van der Waals surface area contributed by atoms with E-state index >= 15 is 0 Å². The number of aliphatic carboxylic acids is 1. The number of rotatable bonds is 4. The zero-order valence-corrected chi connectivity index (χ0v) is 7.38. The van der Waals surface area contributed by atoms with Gasteiger partial charge in [-0.1, -0.05) is 18.2 Å². The summed E-state index contributed by atoms with van der Waals surface area (Å²) in [6.45, 7) is 0. The van der Waals surface area contributed by atoms with Crippen LogP contribution < -0.4 is 5.73 Å². The second-order valence-electron chi connectivity index (χ2n) is 2.87. The van der Waals surface area contributed by atoms with Crippen molar-refractivity contribution in [3.05, 3.63) is 34.7 Å². The highest BCUT2D eigenvalue weighted by molar-refractivity contribution is 5.74. The summed E-state index contributed by atoms with van der Waals surface area (Å²) in [4.78, 5) is 20.8. The molecule has 1 aromatic carbocycles. The number of carbonyl (C=O) groups is 1. The first-order chi connectivity index (χ1) is 6.65. The highest BCUT2D eigenvalue weighted by atomic mass is 16.4. The van der Waals surface area contributed by atoms with Gasteiger partial charge in [0.25, 0.3) is 0 Å². The summed E-state index contributed by atoms with van der Waals surface area (Å²) >= 11 is 0. The zero-order valence-electron chi connectivity index (χ0n) is 7.38. The maximum absolute atomic E-state index is 10.5. The minimum absolute atomic E-state index is 0.108. The van der Waals surface area contributed by atoms with Gasteiger partial charge in [-0.25, -0.2) is 0 Å². The Morgan fingerprint density at radius 3 is 2.71 bits per heavy atom. The van der Waals surface area contributed by atoms with Gasteiger partial charge in [0.1, 0.15) is 11.7 Å². The largest absolute Gasteiger partial charge is 0.480 e. The van der Waals surface area contributed by atoms with Crippen molar-refractivity contribution >= 4 is 11.7 Å². The summed E-state index contributed by atoms with van der Waals surface area (Å²) in [6.07, 6.45) is 0.108. The number of carboxylic acid groups (broad SMARTS) is 1. The van der Waals surface area contributed by atoms with E-state index in [0.717, 1.165) is 0 Å². The molecule has 0 aliphatic rings. The number of benzene rings is 1. The number of nitroso groups, excluding NO2 is 1. The molecule has 5 heteroatoms. The number of carboxylic acids is 1. The summed E-state index contributed by atoms with van der Waals surface area (Å²) in [5.41, 5.74) is 6.12. The molecule has 0 aliphatic carbocycles. The van der Waals surface area contributed by atoms with E-state index in [0.29, 0.717) is 5.56 Å². The van der Waals surface area contributed by atoms with E-state index < -0.39 is 12.0 Å². The minimum Gasteiger partial charge on any atom is -0.480 e. The molecule has 1 atom stereocenters. The van der Waals surface area contributed by atoms with Crippen LogP contribution in [0.15, 0.2) is 29.4 Å². The van der Waals surface area contributed by atoms with E-state index in [1.54, 1.807) is 18.2 Å². The molecule has 1 aromatic rings. The lowest BCUT2D eigenvalue weighted by Gasteiger charge is -2.06. The Bertz CT molecular complexity index is 352. The van der Waals surface area contributed by atoms with Gasteiger partial charge >= 0.3 is 5.97 Å². The maximum atomic E-state index is 10.5. The standard InChI is InChI=1S/C9H10N2O3/c10-7(9(12)13)5-6-3-1-2-4-8(6)11-14/h1-4,7H,5,10H2,(H,12,13). The van der Waals surface area contributed by atoms with Gasteiger partial charge in [-0.3, -0.25) is 4.79 Å².